The molecule has 25 heavy (non-hydrogen) atoms. The van der Waals surface area contributed by atoms with Crippen molar-refractivity contribution in [2.75, 3.05) is 5.32 Å². The van der Waals surface area contributed by atoms with E-state index >= 15 is 0 Å². The highest BCUT2D eigenvalue weighted by molar-refractivity contribution is 5.94. The zero-order chi connectivity index (χ0) is 17.2. The minimum Gasteiger partial charge on any atom is -0.347 e. The molecular formula is C18H18N6O. The fourth-order valence-electron chi connectivity index (χ4n) is 3.75. The van der Waals surface area contributed by atoms with E-state index in [4.69, 9.17) is 0 Å². The van der Waals surface area contributed by atoms with Crippen LogP contribution in [0.1, 0.15) is 29.6 Å². The molecule has 3 unspecified atom stereocenters. The van der Waals surface area contributed by atoms with Gasteiger partial charge < -0.3 is 15.5 Å². The highest BCUT2D eigenvalue weighted by atomic mass is 16.1. The number of aromatic nitrogens is 2. The van der Waals surface area contributed by atoms with Crippen LogP contribution in [-0.4, -0.2) is 38.9 Å². The van der Waals surface area contributed by atoms with E-state index in [1.807, 2.05) is 17.0 Å². The molecule has 0 radical (unpaired) electrons. The molecule has 3 heterocycles. The summed E-state index contributed by atoms with van der Waals surface area (Å²) in [5.74, 6) is 0.413. The van der Waals surface area contributed by atoms with Crippen molar-refractivity contribution >= 4 is 17.5 Å². The molecule has 1 amide bonds. The molecule has 2 aliphatic heterocycles. The highest BCUT2D eigenvalue weighted by Gasteiger charge is 2.46. The maximum absolute atomic E-state index is 12.5. The third kappa shape index (κ3) is 2.98. The lowest BCUT2D eigenvalue weighted by Gasteiger charge is -2.21. The van der Waals surface area contributed by atoms with Gasteiger partial charge in [0.15, 0.2) is 6.19 Å². The van der Waals surface area contributed by atoms with Crippen LogP contribution in [-0.2, 0) is 0 Å². The van der Waals surface area contributed by atoms with Gasteiger partial charge in [-0.2, -0.15) is 5.26 Å². The summed E-state index contributed by atoms with van der Waals surface area (Å²) in [5.41, 5.74) is 1.42. The van der Waals surface area contributed by atoms with Crippen molar-refractivity contribution < 1.29 is 4.79 Å². The van der Waals surface area contributed by atoms with Crippen molar-refractivity contribution in [2.45, 2.75) is 37.4 Å². The van der Waals surface area contributed by atoms with Crippen LogP contribution in [0.25, 0.3) is 0 Å². The predicted octanol–water partition coefficient (Wildman–Crippen LogP) is 2.04. The van der Waals surface area contributed by atoms with E-state index in [2.05, 4.69) is 26.8 Å². The Balaban J connectivity index is 1.39. The highest BCUT2D eigenvalue weighted by Crippen LogP contribution is 2.37. The Kier molecular flexibility index (Phi) is 3.94. The minimum absolute atomic E-state index is 0.0569. The Morgan fingerprint density at radius 1 is 1.20 bits per heavy atom. The second kappa shape index (κ2) is 6.40. The molecule has 4 rings (SSSR count). The Hall–Kier alpha value is -3.14. The van der Waals surface area contributed by atoms with Crippen LogP contribution in [0.2, 0.25) is 0 Å². The van der Waals surface area contributed by atoms with E-state index in [0.29, 0.717) is 11.5 Å². The fraction of sp³-hybridized carbons (Fsp3) is 0.333. The molecule has 1 aromatic carbocycles. The van der Waals surface area contributed by atoms with Crippen molar-refractivity contribution in [1.29, 1.82) is 5.26 Å². The molecule has 0 saturated carbocycles. The minimum atomic E-state index is -0.0991. The van der Waals surface area contributed by atoms with Crippen LogP contribution in [0, 0.1) is 11.5 Å². The number of amides is 1. The molecule has 1 aromatic heterocycles. The van der Waals surface area contributed by atoms with Gasteiger partial charge in [-0.25, -0.2) is 9.97 Å². The number of nitriles is 1. The maximum Gasteiger partial charge on any atom is 0.251 e. The summed E-state index contributed by atoms with van der Waals surface area (Å²) >= 11 is 0. The van der Waals surface area contributed by atoms with Gasteiger partial charge in [-0.05, 0) is 49.6 Å². The molecule has 2 N–H and O–H groups in total. The second-order valence-electron chi connectivity index (χ2n) is 6.40. The topological polar surface area (TPSA) is 93.9 Å². The molecule has 2 bridgehead atoms. The lowest BCUT2D eigenvalue weighted by Crippen LogP contribution is -2.43. The van der Waals surface area contributed by atoms with Gasteiger partial charge >= 0.3 is 0 Å². The number of carbonyl (C=O) groups excluding carboxylic acids is 1. The van der Waals surface area contributed by atoms with Crippen molar-refractivity contribution in [3.05, 3.63) is 48.3 Å². The van der Waals surface area contributed by atoms with Crippen molar-refractivity contribution in [2.24, 2.45) is 0 Å². The van der Waals surface area contributed by atoms with E-state index < -0.39 is 0 Å². The van der Waals surface area contributed by atoms with Gasteiger partial charge in [-0.1, -0.05) is 0 Å². The Morgan fingerprint density at radius 2 is 1.96 bits per heavy atom. The standard InChI is InChI=1S/C18H18N6O/c19-11-24-14-6-7-16(24)15(10-14)23-17(25)12-2-4-13(5-3-12)22-18-20-8-1-9-21-18/h1-5,8-9,14-16H,6-7,10H2,(H,23,25)(H,20,21,22). The van der Waals surface area contributed by atoms with E-state index in [9.17, 15) is 10.1 Å². The summed E-state index contributed by atoms with van der Waals surface area (Å²) in [4.78, 5) is 22.5. The lowest BCUT2D eigenvalue weighted by atomic mass is 9.95. The smallest absolute Gasteiger partial charge is 0.251 e. The second-order valence-corrected chi connectivity index (χ2v) is 6.40. The first-order valence-corrected chi connectivity index (χ1v) is 8.37. The van der Waals surface area contributed by atoms with Crippen molar-refractivity contribution in [3.8, 4) is 6.19 Å². The lowest BCUT2D eigenvalue weighted by molar-refractivity contribution is 0.0928. The third-order valence-corrected chi connectivity index (χ3v) is 4.94. The first kappa shape index (κ1) is 15.4. The fourth-order valence-corrected chi connectivity index (χ4v) is 3.75. The number of carbonyl (C=O) groups is 1. The maximum atomic E-state index is 12.5. The first-order valence-electron chi connectivity index (χ1n) is 8.37. The van der Waals surface area contributed by atoms with Gasteiger partial charge in [0.25, 0.3) is 5.91 Å². The van der Waals surface area contributed by atoms with E-state index in [-0.39, 0.29) is 24.0 Å². The molecule has 7 nitrogen and oxygen atoms in total. The quantitative estimate of drug-likeness (QED) is 0.831. The number of nitrogens with one attached hydrogen (secondary N) is 2. The van der Waals surface area contributed by atoms with Crippen LogP contribution < -0.4 is 10.6 Å². The van der Waals surface area contributed by atoms with Crippen LogP contribution in [0.5, 0.6) is 0 Å². The number of rotatable bonds is 4. The summed E-state index contributed by atoms with van der Waals surface area (Å²) in [5, 5.41) is 15.4. The predicted molar refractivity (Wildman–Crippen MR) is 91.9 cm³/mol. The summed E-state index contributed by atoms with van der Waals surface area (Å²) in [7, 11) is 0. The van der Waals surface area contributed by atoms with Crippen LogP contribution in [0.4, 0.5) is 11.6 Å². The monoisotopic (exact) mass is 334 g/mol. The SMILES string of the molecule is N#CN1C2CCC1C(NC(=O)c1ccc(Nc3ncccn3)cc1)C2. The van der Waals surface area contributed by atoms with Crippen molar-refractivity contribution in [1.82, 2.24) is 20.2 Å². The molecule has 2 aromatic rings. The van der Waals surface area contributed by atoms with Crippen molar-refractivity contribution in [3.63, 3.8) is 0 Å². The average Bonchev–Trinajstić information content (AvgIpc) is 3.19. The molecule has 0 spiro atoms. The van der Waals surface area contributed by atoms with Crippen LogP contribution >= 0.6 is 0 Å². The molecular weight excluding hydrogens is 316 g/mol. The van der Waals surface area contributed by atoms with Gasteiger partial charge in [0.05, 0.1) is 12.1 Å². The Bertz CT molecular complexity index is 801. The largest absolute Gasteiger partial charge is 0.347 e. The zero-order valence-corrected chi connectivity index (χ0v) is 13.6. The Morgan fingerprint density at radius 3 is 2.64 bits per heavy atom. The van der Waals surface area contributed by atoms with Crippen LogP contribution in [0.15, 0.2) is 42.7 Å². The summed E-state index contributed by atoms with van der Waals surface area (Å²) in [6, 6.07) is 9.45. The normalized spacial score (nSPS) is 24.0. The summed E-state index contributed by atoms with van der Waals surface area (Å²) in [6.07, 6.45) is 8.47. The molecule has 2 fully saturated rings. The van der Waals surface area contributed by atoms with E-state index in [0.717, 1.165) is 24.9 Å². The van der Waals surface area contributed by atoms with E-state index in [1.165, 1.54) is 0 Å². The van der Waals surface area contributed by atoms with Crippen LogP contribution in [0.3, 0.4) is 0 Å². The Labute approximate surface area is 145 Å². The van der Waals surface area contributed by atoms with Gasteiger partial charge in [-0.3, -0.25) is 4.79 Å². The van der Waals surface area contributed by atoms with Gasteiger partial charge in [0.1, 0.15) is 0 Å². The molecule has 0 aliphatic carbocycles. The van der Waals surface area contributed by atoms with Gasteiger partial charge in [0.2, 0.25) is 5.95 Å². The molecule has 3 atom stereocenters. The number of anilines is 2. The number of nitrogens with zero attached hydrogens (tertiary/aromatic N) is 4. The third-order valence-electron chi connectivity index (χ3n) is 4.94. The summed E-state index contributed by atoms with van der Waals surface area (Å²) < 4.78 is 0. The number of fused-ring (bicyclic) bond motifs is 2. The average molecular weight is 334 g/mol. The molecule has 2 saturated heterocycles. The zero-order valence-electron chi connectivity index (χ0n) is 13.6. The first-order chi connectivity index (χ1) is 12.2. The van der Waals surface area contributed by atoms with Gasteiger partial charge in [-0.15, -0.1) is 0 Å². The number of benzene rings is 1. The molecule has 126 valence electrons. The summed E-state index contributed by atoms with van der Waals surface area (Å²) in [6.45, 7) is 0. The van der Waals surface area contributed by atoms with E-state index in [1.54, 1.807) is 30.6 Å². The molecule has 2 aliphatic rings. The number of hydrogen-bond acceptors (Lipinski definition) is 6. The van der Waals surface area contributed by atoms with Gasteiger partial charge in [0, 0.05) is 29.7 Å². The molecule has 7 heteroatoms. The number of hydrogen-bond donors (Lipinski definition) is 2.